The van der Waals surface area contributed by atoms with Crippen LogP contribution in [0.25, 0.3) is 0 Å². The van der Waals surface area contributed by atoms with Gasteiger partial charge in [-0.3, -0.25) is 0 Å². The van der Waals surface area contributed by atoms with Gasteiger partial charge in [0.2, 0.25) is 0 Å². The molecule has 1 aromatic rings. The topological polar surface area (TPSA) is 37.4 Å². The SMILES string of the molecule is COc1ccc(NC(C)CN2CCCC2)nc1. The third kappa shape index (κ3) is 3.60. The number of hydrogen-bond acceptors (Lipinski definition) is 4. The number of hydrogen-bond donors (Lipinski definition) is 1. The van der Waals surface area contributed by atoms with Gasteiger partial charge in [-0.15, -0.1) is 0 Å². The minimum atomic E-state index is 0.425. The molecule has 0 spiro atoms. The third-order valence-corrected chi connectivity index (χ3v) is 3.10. The van der Waals surface area contributed by atoms with E-state index in [1.165, 1.54) is 25.9 Å². The summed E-state index contributed by atoms with van der Waals surface area (Å²) in [5, 5.41) is 3.41. The highest BCUT2D eigenvalue weighted by Gasteiger charge is 2.14. The Hall–Kier alpha value is -1.29. The normalized spacial score (nSPS) is 18.0. The van der Waals surface area contributed by atoms with Crippen molar-refractivity contribution in [1.82, 2.24) is 9.88 Å². The van der Waals surface area contributed by atoms with Crippen LogP contribution < -0.4 is 10.1 Å². The van der Waals surface area contributed by atoms with E-state index in [1.807, 2.05) is 12.1 Å². The Morgan fingerprint density at radius 3 is 2.76 bits per heavy atom. The van der Waals surface area contributed by atoms with Crippen LogP contribution in [0.2, 0.25) is 0 Å². The maximum atomic E-state index is 5.08. The van der Waals surface area contributed by atoms with Crippen LogP contribution >= 0.6 is 0 Å². The summed E-state index contributed by atoms with van der Waals surface area (Å²) in [5.41, 5.74) is 0. The molecule has 1 aromatic heterocycles. The van der Waals surface area contributed by atoms with Crippen LogP contribution in [-0.2, 0) is 0 Å². The first-order valence-corrected chi connectivity index (χ1v) is 6.27. The second-order valence-electron chi connectivity index (χ2n) is 4.64. The maximum absolute atomic E-state index is 5.08. The Morgan fingerprint density at radius 1 is 1.41 bits per heavy atom. The lowest BCUT2D eigenvalue weighted by molar-refractivity contribution is 0.327. The van der Waals surface area contributed by atoms with Crippen LogP contribution in [0, 0.1) is 0 Å². The molecular formula is C13H21N3O. The van der Waals surface area contributed by atoms with Crippen molar-refractivity contribution < 1.29 is 4.74 Å². The van der Waals surface area contributed by atoms with E-state index in [4.69, 9.17) is 4.74 Å². The molecule has 0 radical (unpaired) electrons. The number of ether oxygens (including phenoxy) is 1. The number of anilines is 1. The first-order chi connectivity index (χ1) is 8.28. The Balaban J connectivity index is 1.81. The van der Waals surface area contributed by atoms with Crippen molar-refractivity contribution in [3.63, 3.8) is 0 Å². The van der Waals surface area contributed by atoms with Gasteiger partial charge in [0.05, 0.1) is 13.3 Å². The fourth-order valence-corrected chi connectivity index (χ4v) is 2.24. The summed E-state index contributed by atoms with van der Waals surface area (Å²) >= 11 is 0. The number of methoxy groups -OCH3 is 1. The second kappa shape index (κ2) is 5.87. The molecule has 0 saturated carbocycles. The highest BCUT2D eigenvalue weighted by molar-refractivity contribution is 5.38. The number of nitrogens with zero attached hydrogens (tertiary/aromatic N) is 2. The molecule has 1 unspecified atom stereocenters. The number of nitrogens with one attached hydrogen (secondary N) is 1. The Labute approximate surface area is 103 Å². The minimum absolute atomic E-state index is 0.425. The molecule has 0 bridgehead atoms. The van der Waals surface area contributed by atoms with Gasteiger partial charge in [0.15, 0.2) is 0 Å². The number of aromatic nitrogens is 1. The first-order valence-electron chi connectivity index (χ1n) is 6.27. The van der Waals surface area contributed by atoms with Crippen LogP contribution in [0.5, 0.6) is 5.75 Å². The van der Waals surface area contributed by atoms with Crippen molar-refractivity contribution in [3.8, 4) is 5.75 Å². The Morgan fingerprint density at radius 2 is 2.18 bits per heavy atom. The van der Waals surface area contributed by atoms with Crippen LogP contribution in [-0.4, -0.2) is 42.7 Å². The fraction of sp³-hybridized carbons (Fsp3) is 0.615. The van der Waals surface area contributed by atoms with Crippen molar-refractivity contribution in [3.05, 3.63) is 18.3 Å². The first kappa shape index (κ1) is 12.2. The van der Waals surface area contributed by atoms with Gasteiger partial charge >= 0.3 is 0 Å². The molecule has 0 amide bonds. The molecule has 2 rings (SSSR count). The Bertz CT molecular complexity index is 333. The van der Waals surface area contributed by atoms with Gasteiger partial charge in [-0.05, 0) is 45.0 Å². The summed E-state index contributed by atoms with van der Waals surface area (Å²) in [6, 6.07) is 4.31. The molecule has 2 heterocycles. The maximum Gasteiger partial charge on any atom is 0.137 e. The van der Waals surface area contributed by atoms with Gasteiger partial charge < -0.3 is 15.0 Å². The van der Waals surface area contributed by atoms with Crippen LogP contribution in [0.15, 0.2) is 18.3 Å². The number of rotatable bonds is 5. The zero-order valence-electron chi connectivity index (χ0n) is 10.6. The lowest BCUT2D eigenvalue weighted by Gasteiger charge is -2.21. The highest BCUT2D eigenvalue weighted by Crippen LogP contribution is 2.13. The van der Waals surface area contributed by atoms with E-state index in [2.05, 4.69) is 22.1 Å². The fourth-order valence-electron chi connectivity index (χ4n) is 2.24. The molecule has 1 saturated heterocycles. The van der Waals surface area contributed by atoms with E-state index in [1.54, 1.807) is 13.3 Å². The average Bonchev–Trinajstić information content (AvgIpc) is 2.82. The van der Waals surface area contributed by atoms with Gasteiger partial charge in [0, 0.05) is 12.6 Å². The van der Waals surface area contributed by atoms with Crippen molar-refractivity contribution in [2.24, 2.45) is 0 Å². The van der Waals surface area contributed by atoms with E-state index in [0.717, 1.165) is 18.1 Å². The molecule has 0 aromatic carbocycles. The van der Waals surface area contributed by atoms with Crippen molar-refractivity contribution >= 4 is 5.82 Å². The average molecular weight is 235 g/mol. The molecular weight excluding hydrogens is 214 g/mol. The summed E-state index contributed by atoms with van der Waals surface area (Å²) in [6.45, 7) is 5.77. The van der Waals surface area contributed by atoms with Crippen molar-refractivity contribution in [2.75, 3.05) is 32.1 Å². The highest BCUT2D eigenvalue weighted by atomic mass is 16.5. The van der Waals surface area contributed by atoms with E-state index < -0.39 is 0 Å². The summed E-state index contributed by atoms with van der Waals surface area (Å²) in [4.78, 5) is 6.81. The summed E-state index contributed by atoms with van der Waals surface area (Å²) in [5.74, 6) is 1.71. The molecule has 4 heteroatoms. The predicted molar refractivity (Wildman–Crippen MR) is 69.5 cm³/mol. The van der Waals surface area contributed by atoms with Gasteiger partial charge in [-0.25, -0.2) is 4.98 Å². The van der Waals surface area contributed by atoms with E-state index >= 15 is 0 Å². The molecule has 1 aliphatic rings. The monoisotopic (exact) mass is 235 g/mol. The molecule has 1 N–H and O–H groups in total. The molecule has 94 valence electrons. The standard InChI is InChI=1S/C13H21N3O/c1-11(10-16-7-3-4-8-16)15-13-6-5-12(17-2)9-14-13/h5-6,9,11H,3-4,7-8,10H2,1-2H3,(H,14,15). The van der Waals surface area contributed by atoms with E-state index in [0.29, 0.717) is 6.04 Å². The smallest absolute Gasteiger partial charge is 0.137 e. The zero-order chi connectivity index (χ0) is 12.1. The summed E-state index contributed by atoms with van der Waals surface area (Å²) in [6.07, 6.45) is 4.42. The molecule has 0 aliphatic carbocycles. The summed E-state index contributed by atoms with van der Waals surface area (Å²) < 4.78 is 5.08. The summed E-state index contributed by atoms with van der Waals surface area (Å²) in [7, 11) is 1.65. The van der Waals surface area contributed by atoms with Gasteiger partial charge in [-0.1, -0.05) is 0 Å². The van der Waals surface area contributed by atoms with Crippen molar-refractivity contribution in [1.29, 1.82) is 0 Å². The molecule has 1 fully saturated rings. The van der Waals surface area contributed by atoms with Gasteiger partial charge in [0.25, 0.3) is 0 Å². The van der Waals surface area contributed by atoms with E-state index in [9.17, 15) is 0 Å². The van der Waals surface area contributed by atoms with Crippen LogP contribution in [0.3, 0.4) is 0 Å². The minimum Gasteiger partial charge on any atom is -0.495 e. The molecule has 1 atom stereocenters. The molecule has 1 aliphatic heterocycles. The van der Waals surface area contributed by atoms with Crippen molar-refractivity contribution in [2.45, 2.75) is 25.8 Å². The number of pyridine rings is 1. The zero-order valence-corrected chi connectivity index (χ0v) is 10.6. The van der Waals surface area contributed by atoms with Crippen LogP contribution in [0.1, 0.15) is 19.8 Å². The lowest BCUT2D eigenvalue weighted by Crippen LogP contribution is -2.33. The lowest BCUT2D eigenvalue weighted by atomic mass is 10.3. The predicted octanol–water partition coefficient (Wildman–Crippen LogP) is 1.99. The third-order valence-electron chi connectivity index (χ3n) is 3.10. The number of likely N-dealkylation sites (tertiary alicyclic amines) is 1. The van der Waals surface area contributed by atoms with E-state index in [-0.39, 0.29) is 0 Å². The quantitative estimate of drug-likeness (QED) is 0.847. The largest absolute Gasteiger partial charge is 0.495 e. The Kier molecular flexibility index (Phi) is 4.20. The van der Waals surface area contributed by atoms with Gasteiger partial charge in [0.1, 0.15) is 11.6 Å². The van der Waals surface area contributed by atoms with Gasteiger partial charge in [-0.2, -0.15) is 0 Å². The second-order valence-corrected chi connectivity index (χ2v) is 4.64. The molecule has 17 heavy (non-hydrogen) atoms. The van der Waals surface area contributed by atoms with Crippen LogP contribution in [0.4, 0.5) is 5.82 Å². The molecule has 4 nitrogen and oxygen atoms in total.